The minimum atomic E-state index is -3.07. The first kappa shape index (κ1) is 16.6. The number of rotatable bonds is 4. The quantitative estimate of drug-likeness (QED) is 0.510. The van der Waals surface area contributed by atoms with E-state index < -0.39 is 3.93 Å². The first-order chi connectivity index (χ1) is 11.9. The van der Waals surface area contributed by atoms with Gasteiger partial charge in [0.15, 0.2) is 0 Å². The van der Waals surface area contributed by atoms with Crippen LogP contribution in [0.1, 0.15) is 30.0 Å². The lowest BCUT2D eigenvalue weighted by molar-refractivity contribution is 0.122. The van der Waals surface area contributed by atoms with Gasteiger partial charge in [0.05, 0.1) is 11.9 Å². The molecule has 25 heavy (non-hydrogen) atoms. The third-order valence-electron chi connectivity index (χ3n) is 4.50. The Morgan fingerprint density at radius 2 is 1.92 bits per heavy atom. The molecule has 5 nitrogen and oxygen atoms in total. The minimum absolute atomic E-state index is 0.219. The van der Waals surface area contributed by atoms with E-state index in [9.17, 15) is 13.6 Å². The number of aromatic nitrogens is 2. The van der Waals surface area contributed by atoms with Gasteiger partial charge < -0.3 is 0 Å². The number of halogens is 3. The average Bonchev–Trinajstić information content (AvgIpc) is 3.37. The van der Waals surface area contributed by atoms with E-state index in [1.54, 1.807) is 23.4 Å². The maximum atomic E-state index is 13.5. The number of alkyl halides is 3. The molecule has 0 radical (unpaired) electrons. The summed E-state index contributed by atoms with van der Waals surface area (Å²) in [5.74, 6) is 0.491. The van der Waals surface area contributed by atoms with Crippen molar-refractivity contribution in [3.63, 3.8) is 0 Å². The maximum absolute atomic E-state index is 13.5. The highest BCUT2D eigenvalue weighted by Gasteiger charge is 2.36. The van der Waals surface area contributed by atoms with Crippen LogP contribution in [0.25, 0.3) is 0 Å². The molecule has 2 aliphatic rings. The Hall–Kier alpha value is -1.84. The molecule has 1 aliphatic heterocycles. The lowest BCUT2D eigenvalue weighted by Gasteiger charge is -2.21. The number of urea groups is 1. The van der Waals surface area contributed by atoms with Crippen molar-refractivity contribution in [2.75, 3.05) is 22.9 Å². The number of carbonyl (C=O) groups is 1. The second kappa shape index (κ2) is 6.15. The van der Waals surface area contributed by atoms with Crippen molar-refractivity contribution in [3.05, 3.63) is 48.0 Å². The van der Waals surface area contributed by atoms with Gasteiger partial charge in [-0.2, -0.15) is 8.78 Å². The maximum Gasteiger partial charge on any atom is 0.338 e. The molecule has 1 saturated heterocycles. The third kappa shape index (κ3) is 3.19. The van der Waals surface area contributed by atoms with Crippen molar-refractivity contribution in [3.8, 4) is 0 Å². The molecule has 2 fully saturated rings. The summed E-state index contributed by atoms with van der Waals surface area (Å²) in [7, 11) is 0. The molecule has 8 heteroatoms. The number of anilines is 2. The highest BCUT2D eigenvalue weighted by molar-refractivity contribution is 14.1. The van der Waals surface area contributed by atoms with Gasteiger partial charge in [-0.3, -0.25) is 19.8 Å². The van der Waals surface area contributed by atoms with Crippen molar-refractivity contribution in [2.45, 2.75) is 22.7 Å². The van der Waals surface area contributed by atoms with Crippen molar-refractivity contribution >= 4 is 40.0 Å². The van der Waals surface area contributed by atoms with E-state index in [0.717, 1.165) is 46.7 Å². The molecule has 0 spiro atoms. The summed E-state index contributed by atoms with van der Waals surface area (Å²) >= 11 is 1.04. The first-order valence-corrected chi connectivity index (χ1v) is 9.09. The van der Waals surface area contributed by atoms with E-state index in [4.69, 9.17) is 0 Å². The molecule has 3 heterocycles. The highest BCUT2D eigenvalue weighted by Crippen LogP contribution is 2.44. The van der Waals surface area contributed by atoms with Crippen LogP contribution in [-0.2, 0) is 3.93 Å². The van der Waals surface area contributed by atoms with Crippen molar-refractivity contribution < 1.29 is 13.6 Å². The van der Waals surface area contributed by atoms with Crippen molar-refractivity contribution in [1.82, 2.24) is 9.97 Å². The number of amides is 2. The highest BCUT2D eigenvalue weighted by atomic mass is 127. The minimum Gasteiger partial charge on any atom is -0.292 e. The zero-order valence-corrected chi connectivity index (χ0v) is 15.4. The molecule has 1 aliphatic carbocycles. The van der Waals surface area contributed by atoms with Crippen LogP contribution in [0.15, 0.2) is 36.8 Å². The largest absolute Gasteiger partial charge is 0.338 e. The molecule has 130 valence electrons. The SMILES string of the molecule is O=C1N(c2ccnc(C(F)(F)I)c2)CCN1c1cnccc1C1CC1. The summed E-state index contributed by atoms with van der Waals surface area (Å²) in [4.78, 5) is 23.9. The van der Waals surface area contributed by atoms with Crippen LogP contribution < -0.4 is 9.80 Å². The molecule has 1 saturated carbocycles. The lowest BCUT2D eigenvalue weighted by atomic mass is 10.1. The average molecular weight is 456 g/mol. The molecule has 2 aromatic heterocycles. The topological polar surface area (TPSA) is 49.3 Å². The van der Waals surface area contributed by atoms with Gasteiger partial charge in [-0.05, 0) is 42.5 Å². The molecule has 0 unspecified atom stereocenters. The van der Waals surface area contributed by atoms with Crippen LogP contribution >= 0.6 is 22.6 Å². The van der Waals surface area contributed by atoms with Gasteiger partial charge in [-0.1, -0.05) is 0 Å². The number of hydrogen-bond donors (Lipinski definition) is 0. The number of hydrogen-bond acceptors (Lipinski definition) is 3. The second-order valence-corrected chi connectivity index (χ2v) is 7.55. The van der Waals surface area contributed by atoms with E-state index in [2.05, 4.69) is 9.97 Å². The van der Waals surface area contributed by atoms with Crippen LogP contribution in [0.4, 0.5) is 25.0 Å². The predicted octanol–water partition coefficient (Wildman–Crippen LogP) is 4.28. The molecular weight excluding hydrogens is 441 g/mol. The molecule has 0 bridgehead atoms. The van der Waals surface area contributed by atoms with Gasteiger partial charge in [0, 0.05) is 53.8 Å². The third-order valence-corrected chi connectivity index (χ3v) is 5.05. The zero-order chi connectivity index (χ0) is 17.6. The Morgan fingerprint density at radius 3 is 2.64 bits per heavy atom. The lowest BCUT2D eigenvalue weighted by Crippen LogP contribution is -2.32. The van der Waals surface area contributed by atoms with Gasteiger partial charge >= 0.3 is 9.96 Å². The molecule has 0 atom stereocenters. The van der Waals surface area contributed by atoms with Crippen LogP contribution in [0.3, 0.4) is 0 Å². The van der Waals surface area contributed by atoms with Gasteiger partial charge in [0.25, 0.3) is 0 Å². The number of nitrogens with zero attached hydrogens (tertiary/aromatic N) is 4. The van der Waals surface area contributed by atoms with Gasteiger partial charge in [-0.25, -0.2) is 4.79 Å². The van der Waals surface area contributed by atoms with Crippen LogP contribution in [0.5, 0.6) is 0 Å². The van der Waals surface area contributed by atoms with Crippen molar-refractivity contribution in [2.24, 2.45) is 0 Å². The van der Waals surface area contributed by atoms with Crippen LogP contribution in [-0.4, -0.2) is 29.1 Å². The molecular formula is C17H15F2IN4O. The summed E-state index contributed by atoms with van der Waals surface area (Å²) in [6, 6.07) is 4.60. The Balaban J connectivity index is 1.63. The predicted molar refractivity (Wildman–Crippen MR) is 98.5 cm³/mol. The fourth-order valence-electron chi connectivity index (χ4n) is 3.10. The smallest absolute Gasteiger partial charge is 0.292 e. The van der Waals surface area contributed by atoms with Gasteiger partial charge in [-0.15, -0.1) is 0 Å². The Morgan fingerprint density at radius 1 is 1.16 bits per heavy atom. The Bertz CT molecular complexity index is 822. The van der Waals surface area contributed by atoms with E-state index in [-0.39, 0.29) is 11.7 Å². The number of pyridine rings is 2. The molecule has 2 aromatic rings. The van der Waals surface area contributed by atoms with Crippen LogP contribution in [0.2, 0.25) is 0 Å². The fourth-order valence-corrected chi connectivity index (χ4v) is 3.40. The summed E-state index contributed by atoms with van der Waals surface area (Å²) < 4.78 is 24.0. The van der Waals surface area contributed by atoms with Crippen LogP contribution in [0, 0.1) is 0 Å². The Kier molecular flexibility index (Phi) is 4.09. The van der Waals surface area contributed by atoms with Gasteiger partial charge in [0.1, 0.15) is 5.69 Å². The standard InChI is InChI=1S/C17H15F2IN4O/c18-17(19,20)15-9-12(3-6-22-15)23-7-8-24(16(23)25)14-10-21-5-4-13(14)11-1-2-11/h3-6,9-11H,1-2,7-8H2. The van der Waals surface area contributed by atoms with Gasteiger partial charge in [0.2, 0.25) is 0 Å². The second-order valence-electron chi connectivity index (χ2n) is 6.19. The molecule has 2 amide bonds. The van der Waals surface area contributed by atoms with E-state index in [0.29, 0.717) is 24.7 Å². The summed E-state index contributed by atoms with van der Waals surface area (Å²) in [5, 5.41) is 0. The number of carbonyl (C=O) groups excluding carboxylic acids is 1. The summed E-state index contributed by atoms with van der Waals surface area (Å²) in [5.41, 5.74) is 2.05. The molecule has 0 N–H and O–H groups in total. The van der Waals surface area contributed by atoms with E-state index in [1.807, 2.05) is 6.07 Å². The first-order valence-electron chi connectivity index (χ1n) is 8.01. The summed E-state index contributed by atoms with van der Waals surface area (Å²) in [6.45, 7) is 0.941. The van der Waals surface area contributed by atoms with E-state index >= 15 is 0 Å². The summed E-state index contributed by atoms with van der Waals surface area (Å²) in [6.07, 6.45) is 7.02. The molecule has 4 rings (SSSR count). The van der Waals surface area contributed by atoms with E-state index in [1.165, 1.54) is 17.2 Å². The molecule has 0 aromatic carbocycles. The fraction of sp³-hybridized carbons (Fsp3) is 0.353. The zero-order valence-electron chi connectivity index (χ0n) is 13.2. The Labute approximate surface area is 157 Å². The van der Waals surface area contributed by atoms with Crippen molar-refractivity contribution in [1.29, 1.82) is 0 Å². The monoisotopic (exact) mass is 456 g/mol. The normalized spacial score (nSPS) is 18.1.